The van der Waals surface area contributed by atoms with E-state index in [9.17, 15) is 13.2 Å². The molecule has 0 heterocycles. The first kappa shape index (κ1) is 18.6. The normalized spacial score (nSPS) is 12.2. The molecule has 0 atom stereocenters. The Morgan fingerprint density at radius 1 is 1.09 bits per heavy atom. The van der Waals surface area contributed by atoms with E-state index in [-0.39, 0.29) is 10.9 Å². The molecule has 0 saturated heterocycles. The molecule has 0 radical (unpaired) electrons. The molecule has 0 spiro atoms. The summed E-state index contributed by atoms with van der Waals surface area (Å²) in [5, 5.41) is 5.05. The number of hydrogen-bond acceptors (Lipinski definition) is 4. The van der Waals surface area contributed by atoms with Crippen LogP contribution in [0.1, 0.15) is 52.0 Å². The quantitative estimate of drug-likeness (QED) is 0.616. The number of carbonyl (C=O) groups excluding carboxylic acids is 1. The zero-order chi connectivity index (χ0) is 16.8. The Bertz CT molecular complexity index is 586. The summed E-state index contributed by atoms with van der Waals surface area (Å²) < 4.78 is 27.5. The second-order valence-corrected chi connectivity index (χ2v) is 7.90. The van der Waals surface area contributed by atoms with Gasteiger partial charge in [-0.15, -0.1) is 0 Å². The van der Waals surface area contributed by atoms with Crippen LogP contribution in [-0.2, 0) is 26.0 Å². The van der Waals surface area contributed by atoms with Gasteiger partial charge in [-0.25, -0.2) is 13.6 Å². The summed E-state index contributed by atoms with van der Waals surface area (Å²) in [6.07, 6.45) is 3.94. The van der Waals surface area contributed by atoms with Gasteiger partial charge in [0, 0.05) is 6.42 Å². The number of ether oxygens (including phenoxy) is 1. The lowest BCUT2D eigenvalue weighted by Gasteiger charge is -2.19. The number of unbranched alkanes of at least 4 members (excludes halogenated alkanes) is 2. The molecule has 22 heavy (non-hydrogen) atoms. The summed E-state index contributed by atoms with van der Waals surface area (Å²) in [7, 11) is -3.62. The van der Waals surface area contributed by atoms with Crippen LogP contribution in [0.2, 0.25) is 0 Å². The molecule has 0 aromatic heterocycles. The van der Waals surface area contributed by atoms with Crippen molar-refractivity contribution in [2.24, 2.45) is 5.14 Å². The summed E-state index contributed by atoms with van der Waals surface area (Å²) in [5.74, 6) is -0.162. The number of aryl methyl sites for hydroxylation is 1. The van der Waals surface area contributed by atoms with Crippen molar-refractivity contribution in [2.75, 3.05) is 0 Å². The predicted octanol–water partition coefficient (Wildman–Crippen LogP) is 2.78. The van der Waals surface area contributed by atoms with Crippen molar-refractivity contribution in [2.45, 2.75) is 63.4 Å². The molecule has 0 aliphatic rings. The fourth-order valence-electron chi connectivity index (χ4n) is 2.01. The summed E-state index contributed by atoms with van der Waals surface area (Å²) in [4.78, 5) is 11.7. The number of primary sulfonamides is 1. The van der Waals surface area contributed by atoms with E-state index in [0.717, 1.165) is 31.2 Å². The van der Waals surface area contributed by atoms with E-state index in [0.29, 0.717) is 6.42 Å². The Labute approximate surface area is 132 Å². The van der Waals surface area contributed by atoms with Gasteiger partial charge in [0.15, 0.2) is 0 Å². The highest BCUT2D eigenvalue weighted by Crippen LogP contribution is 2.13. The lowest BCUT2D eigenvalue weighted by atomic mass is 10.1. The van der Waals surface area contributed by atoms with Crippen molar-refractivity contribution < 1.29 is 17.9 Å². The molecule has 6 heteroatoms. The zero-order valence-electron chi connectivity index (χ0n) is 13.5. The van der Waals surface area contributed by atoms with Gasteiger partial charge < -0.3 is 4.74 Å². The van der Waals surface area contributed by atoms with E-state index < -0.39 is 15.6 Å². The van der Waals surface area contributed by atoms with Crippen molar-refractivity contribution in [3.05, 3.63) is 29.8 Å². The van der Waals surface area contributed by atoms with Gasteiger partial charge in [0.1, 0.15) is 5.60 Å². The highest BCUT2D eigenvalue weighted by molar-refractivity contribution is 7.89. The van der Waals surface area contributed by atoms with E-state index in [1.54, 1.807) is 12.1 Å². The van der Waals surface area contributed by atoms with Crippen molar-refractivity contribution >= 4 is 16.0 Å². The zero-order valence-corrected chi connectivity index (χ0v) is 14.3. The number of carbonyl (C=O) groups is 1. The molecule has 0 aliphatic heterocycles. The predicted molar refractivity (Wildman–Crippen MR) is 85.8 cm³/mol. The largest absolute Gasteiger partial charge is 0.460 e. The molecule has 124 valence electrons. The molecule has 5 nitrogen and oxygen atoms in total. The first-order valence-corrected chi connectivity index (χ1v) is 8.96. The smallest absolute Gasteiger partial charge is 0.306 e. The lowest BCUT2D eigenvalue weighted by Crippen LogP contribution is -2.23. The van der Waals surface area contributed by atoms with Crippen LogP contribution in [0.5, 0.6) is 0 Å². The standard InChI is InChI=1S/C16H25NO4S/c1-16(2,3)21-15(18)8-6-4-5-7-13-9-11-14(12-10-13)22(17,19)20/h9-12H,4-8H2,1-3H3,(H2,17,19,20). The van der Waals surface area contributed by atoms with E-state index in [1.807, 2.05) is 20.8 Å². The van der Waals surface area contributed by atoms with Gasteiger partial charge in [-0.3, -0.25) is 4.79 Å². The van der Waals surface area contributed by atoms with Crippen molar-refractivity contribution in [1.82, 2.24) is 0 Å². The minimum absolute atomic E-state index is 0.126. The van der Waals surface area contributed by atoms with Gasteiger partial charge in [0.2, 0.25) is 10.0 Å². The molecule has 0 unspecified atom stereocenters. The van der Waals surface area contributed by atoms with E-state index in [1.165, 1.54) is 12.1 Å². The number of benzene rings is 1. The Hall–Kier alpha value is -1.40. The minimum Gasteiger partial charge on any atom is -0.460 e. The van der Waals surface area contributed by atoms with Crippen molar-refractivity contribution in [3.63, 3.8) is 0 Å². The van der Waals surface area contributed by atoms with Crippen LogP contribution in [0, 0.1) is 0 Å². The van der Waals surface area contributed by atoms with Crippen LogP contribution < -0.4 is 5.14 Å². The van der Waals surface area contributed by atoms with Crippen LogP contribution in [-0.4, -0.2) is 20.0 Å². The third-order valence-electron chi connectivity index (χ3n) is 3.02. The summed E-state index contributed by atoms with van der Waals surface area (Å²) in [6, 6.07) is 6.58. The molecular formula is C16H25NO4S. The maximum atomic E-state index is 11.5. The summed E-state index contributed by atoms with van der Waals surface area (Å²) >= 11 is 0. The number of sulfonamides is 1. The first-order valence-electron chi connectivity index (χ1n) is 7.41. The third kappa shape index (κ3) is 7.56. The molecule has 1 aromatic rings. The van der Waals surface area contributed by atoms with Crippen LogP contribution in [0.3, 0.4) is 0 Å². The van der Waals surface area contributed by atoms with Gasteiger partial charge in [-0.2, -0.15) is 0 Å². The Balaban J connectivity index is 2.27. The fraction of sp³-hybridized carbons (Fsp3) is 0.562. The molecule has 0 fully saturated rings. The number of rotatable bonds is 7. The second-order valence-electron chi connectivity index (χ2n) is 6.34. The topological polar surface area (TPSA) is 86.5 Å². The number of nitrogens with two attached hydrogens (primary N) is 1. The van der Waals surface area contributed by atoms with Crippen LogP contribution in [0.25, 0.3) is 0 Å². The number of esters is 1. The summed E-state index contributed by atoms with van der Waals surface area (Å²) in [6.45, 7) is 5.57. The van der Waals surface area contributed by atoms with E-state index in [4.69, 9.17) is 9.88 Å². The highest BCUT2D eigenvalue weighted by Gasteiger charge is 2.15. The molecule has 0 aliphatic carbocycles. The van der Waals surface area contributed by atoms with E-state index in [2.05, 4.69) is 0 Å². The van der Waals surface area contributed by atoms with Gasteiger partial charge in [-0.05, 0) is 57.7 Å². The molecule has 0 saturated carbocycles. The second kappa shape index (κ2) is 7.74. The van der Waals surface area contributed by atoms with E-state index >= 15 is 0 Å². The molecule has 0 amide bonds. The van der Waals surface area contributed by atoms with Crippen LogP contribution >= 0.6 is 0 Å². The third-order valence-corrected chi connectivity index (χ3v) is 3.95. The Morgan fingerprint density at radius 3 is 2.18 bits per heavy atom. The monoisotopic (exact) mass is 327 g/mol. The van der Waals surface area contributed by atoms with Crippen molar-refractivity contribution in [3.8, 4) is 0 Å². The maximum Gasteiger partial charge on any atom is 0.306 e. The lowest BCUT2D eigenvalue weighted by molar-refractivity contribution is -0.154. The van der Waals surface area contributed by atoms with Gasteiger partial charge in [0.25, 0.3) is 0 Å². The SMILES string of the molecule is CC(C)(C)OC(=O)CCCCCc1ccc(S(N)(=O)=O)cc1. The Kier molecular flexibility index (Phi) is 6.56. The van der Waals surface area contributed by atoms with Gasteiger partial charge in [-0.1, -0.05) is 18.6 Å². The minimum atomic E-state index is -3.62. The fourth-order valence-corrected chi connectivity index (χ4v) is 2.53. The number of hydrogen-bond donors (Lipinski definition) is 1. The van der Waals surface area contributed by atoms with Crippen molar-refractivity contribution in [1.29, 1.82) is 0 Å². The van der Waals surface area contributed by atoms with Gasteiger partial charge >= 0.3 is 5.97 Å². The molecule has 1 rings (SSSR count). The maximum absolute atomic E-state index is 11.5. The Morgan fingerprint density at radius 2 is 1.68 bits per heavy atom. The summed E-state index contributed by atoms with van der Waals surface area (Å²) in [5.41, 5.74) is 0.631. The van der Waals surface area contributed by atoms with Crippen LogP contribution in [0.15, 0.2) is 29.2 Å². The molecular weight excluding hydrogens is 302 g/mol. The molecule has 2 N–H and O–H groups in total. The van der Waals surface area contributed by atoms with Crippen LogP contribution in [0.4, 0.5) is 0 Å². The van der Waals surface area contributed by atoms with Gasteiger partial charge in [0.05, 0.1) is 4.90 Å². The average molecular weight is 327 g/mol. The molecule has 0 bridgehead atoms. The molecule has 1 aromatic carbocycles. The highest BCUT2D eigenvalue weighted by atomic mass is 32.2. The first-order chi connectivity index (χ1) is 10.1. The average Bonchev–Trinajstić information content (AvgIpc) is 2.35.